The predicted octanol–water partition coefficient (Wildman–Crippen LogP) is 4.49. The summed E-state index contributed by atoms with van der Waals surface area (Å²) in [7, 11) is 0. The first kappa shape index (κ1) is 27.2. The fourth-order valence-corrected chi connectivity index (χ4v) is 5.43. The van der Waals surface area contributed by atoms with Gasteiger partial charge in [-0.1, -0.05) is 42.0 Å². The highest BCUT2D eigenvalue weighted by Gasteiger charge is 2.21. The molecule has 0 saturated carbocycles. The van der Waals surface area contributed by atoms with E-state index in [9.17, 15) is 9.59 Å². The molecule has 0 spiro atoms. The Kier molecular flexibility index (Phi) is 8.58. The topological polar surface area (TPSA) is 103 Å². The molecule has 10 heteroatoms. The van der Waals surface area contributed by atoms with Crippen molar-refractivity contribution < 1.29 is 9.59 Å². The van der Waals surface area contributed by atoms with Crippen LogP contribution in [0.3, 0.4) is 0 Å². The number of hydrazone groups is 1. The van der Waals surface area contributed by atoms with E-state index in [2.05, 4.69) is 35.6 Å². The third-order valence-electron chi connectivity index (χ3n) is 6.69. The van der Waals surface area contributed by atoms with Crippen LogP contribution in [-0.4, -0.2) is 59.1 Å². The third-order valence-corrected chi connectivity index (χ3v) is 7.70. The molecule has 1 fully saturated rings. The molecule has 0 radical (unpaired) electrons. The number of hydrogen-bond acceptors (Lipinski definition) is 8. The van der Waals surface area contributed by atoms with Crippen LogP contribution in [-0.2, 0) is 6.54 Å². The van der Waals surface area contributed by atoms with Crippen LogP contribution in [0.25, 0.3) is 0 Å². The second kappa shape index (κ2) is 12.6. The van der Waals surface area contributed by atoms with E-state index >= 15 is 0 Å². The molecule has 0 atom stereocenters. The monoisotopic (exact) mass is 553 g/mol. The summed E-state index contributed by atoms with van der Waals surface area (Å²) in [5.41, 5.74) is 7.40. The van der Waals surface area contributed by atoms with Gasteiger partial charge in [0.1, 0.15) is 5.00 Å². The zero-order valence-corrected chi connectivity index (χ0v) is 23.3. The lowest BCUT2D eigenvalue weighted by Gasteiger charge is -2.34. The molecular weight excluding hydrogens is 522 g/mol. The van der Waals surface area contributed by atoms with E-state index in [4.69, 9.17) is 0 Å². The van der Waals surface area contributed by atoms with Gasteiger partial charge in [-0.15, -0.1) is 11.3 Å². The molecule has 3 heterocycles. The number of thiophene rings is 1. The van der Waals surface area contributed by atoms with Crippen LogP contribution in [0, 0.1) is 13.8 Å². The van der Waals surface area contributed by atoms with E-state index < -0.39 is 0 Å². The SMILES string of the molecule is Cc1ccc(C=NNC(=O)c2c(C)csc2NC(=O)c2cccc(CN3CCN(c4ncccn4)CC3)c2)cc1. The molecule has 0 unspecified atom stereocenters. The van der Waals surface area contributed by atoms with Crippen LogP contribution in [0.15, 0.2) is 77.5 Å². The number of hydrogen-bond donors (Lipinski definition) is 2. The van der Waals surface area contributed by atoms with Crippen molar-refractivity contribution in [1.82, 2.24) is 20.3 Å². The Morgan fingerprint density at radius 1 is 0.975 bits per heavy atom. The first-order valence-electron chi connectivity index (χ1n) is 13.1. The lowest BCUT2D eigenvalue weighted by atomic mass is 10.1. The van der Waals surface area contributed by atoms with Crippen molar-refractivity contribution in [2.45, 2.75) is 20.4 Å². The number of aryl methyl sites for hydroxylation is 2. The van der Waals surface area contributed by atoms with Crippen molar-refractivity contribution in [1.29, 1.82) is 0 Å². The quantitative estimate of drug-likeness (QED) is 0.246. The molecule has 1 aliphatic heterocycles. The smallest absolute Gasteiger partial charge is 0.274 e. The number of amides is 2. The maximum atomic E-state index is 13.2. The minimum Gasteiger partial charge on any atom is -0.338 e. The number of piperazine rings is 1. The lowest BCUT2D eigenvalue weighted by molar-refractivity contribution is 0.0956. The summed E-state index contributed by atoms with van der Waals surface area (Å²) in [5, 5.41) is 9.37. The average molecular weight is 554 g/mol. The highest BCUT2D eigenvalue weighted by atomic mass is 32.1. The summed E-state index contributed by atoms with van der Waals surface area (Å²) in [6.45, 7) is 8.06. The van der Waals surface area contributed by atoms with Gasteiger partial charge in [0, 0.05) is 50.7 Å². The third kappa shape index (κ3) is 6.77. The largest absolute Gasteiger partial charge is 0.338 e. The maximum Gasteiger partial charge on any atom is 0.274 e. The van der Waals surface area contributed by atoms with Crippen molar-refractivity contribution in [3.05, 3.63) is 106 Å². The first-order valence-corrected chi connectivity index (χ1v) is 14.0. The van der Waals surface area contributed by atoms with E-state index in [1.165, 1.54) is 11.3 Å². The summed E-state index contributed by atoms with van der Waals surface area (Å²) in [6.07, 6.45) is 5.12. The van der Waals surface area contributed by atoms with E-state index in [0.717, 1.165) is 60.9 Å². The standard InChI is InChI=1S/C30H31N7O2S/c1-21-7-9-23(10-8-21)18-33-35-28(39)26-22(2)20-40-29(26)34-27(38)25-6-3-5-24(17-25)19-36-13-15-37(16-14-36)30-31-11-4-12-32-30/h3-12,17-18,20H,13-16,19H2,1-2H3,(H,34,38)(H,35,39). The Labute approximate surface area is 237 Å². The summed E-state index contributed by atoms with van der Waals surface area (Å²) < 4.78 is 0. The van der Waals surface area contributed by atoms with Crippen LogP contribution in [0.2, 0.25) is 0 Å². The lowest BCUT2D eigenvalue weighted by Crippen LogP contribution is -2.46. The molecule has 2 amide bonds. The average Bonchev–Trinajstić information content (AvgIpc) is 3.34. The van der Waals surface area contributed by atoms with Gasteiger partial charge in [-0.05, 0) is 54.1 Å². The van der Waals surface area contributed by atoms with Crippen molar-refractivity contribution in [3.8, 4) is 0 Å². The fourth-order valence-electron chi connectivity index (χ4n) is 4.50. The molecule has 2 aromatic heterocycles. The molecule has 0 bridgehead atoms. The van der Waals surface area contributed by atoms with Crippen molar-refractivity contribution in [2.24, 2.45) is 5.10 Å². The van der Waals surface area contributed by atoms with Gasteiger partial charge in [-0.2, -0.15) is 5.10 Å². The maximum absolute atomic E-state index is 13.2. The van der Waals surface area contributed by atoms with Gasteiger partial charge in [0.25, 0.3) is 11.8 Å². The van der Waals surface area contributed by atoms with Crippen molar-refractivity contribution >= 4 is 40.3 Å². The fraction of sp³-hybridized carbons (Fsp3) is 0.233. The van der Waals surface area contributed by atoms with Gasteiger partial charge in [-0.3, -0.25) is 14.5 Å². The van der Waals surface area contributed by atoms with Crippen molar-refractivity contribution in [2.75, 3.05) is 36.4 Å². The van der Waals surface area contributed by atoms with Gasteiger partial charge < -0.3 is 10.2 Å². The zero-order chi connectivity index (χ0) is 27.9. The zero-order valence-electron chi connectivity index (χ0n) is 22.5. The Morgan fingerprint density at radius 2 is 1.73 bits per heavy atom. The van der Waals surface area contributed by atoms with Gasteiger partial charge >= 0.3 is 0 Å². The van der Waals surface area contributed by atoms with Gasteiger partial charge in [-0.25, -0.2) is 15.4 Å². The number of aromatic nitrogens is 2. The van der Waals surface area contributed by atoms with E-state index in [0.29, 0.717) is 16.1 Å². The molecule has 9 nitrogen and oxygen atoms in total. The number of carbonyl (C=O) groups is 2. The molecule has 204 valence electrons. The van der Waals surface area contributed by atoms with E-state index in [1.807, 2.05) is 67.8 Å². The second-order valence-electron chi connectivity index (χ2n) is 9.70. The molecule has 1 aliphatic rings. The number of anilines is 2. The molecule has 2 aromatic carbocycles. The van der Waals surface area contributed by atoms with Crippen LogP contribution in [0.5, 0.6) is 0 Å². The van der Waals surface area contributed by atoms with Crippen LogP contribution in [0.4, 0.5) is 10.9 Å². The minimum atomic E-state index is -0.369. The Balaban J connectivity index is 1.18. The second-order valence-corrected chi connectivity index (χ2v) is 10.6. The van der Waals surface area contributed by atoms with Gasteiger partial charge in [0.2, 0.25) is 5.95 Å². The Hall–Kier alpha value is -4.41. The summed E-state index contributed by atoms with van der Waals surface area (Å²) in [6, 6.07) is 17.3. The number of rotatable bonds is 8. The highest BCUT2D eigenvalue weighted by molar-refractivity contribution is 7.15. The summed E-state index contributed by atoms with van der Waals surface area (Å²) in [5.74, 6) is 0.133. The Morgan fingerprint density at radius 3 is 2.48 bits per heavy atom. The Bertz CT molecular complexity index is 1490. The molecule has 2 N–H and O–H groups in total. The molecule has 1 saturated heterocycles. The number of carbonyl (C=O) groups excluding carboxylic acids is 2. The van der Waals surface area contributed by atoms with Crippen LogP contribution in [0.1, 0.15) is 43.0 Å². The molecular formula is C30H31N7O2S. The molecule has 40 heavy (non-hydrogen) atoms. The number of nitrogens with one attached hydrogen (secondary N) is 2. The van der Waals surface area contributed by atoms with Gasteiger partial charge in [0.05, 0.1) is 11.8 Å². The minimum absolute atomic E-state index is 0.257. The first-order chi connectivity index (χ1) is 19.5. The number of benzene rings is 2. The number of nitrogens with zero attached hydrogens (tertiary/aromatic N) is 5. The van der Waals surface area contributed by atoms with Gasteiger partial charge in [0.15, 0.2) is 0 Å². The van der Waals surface area contributed by atoms with Crippen LogP contribution >= 0.6 is 11.3 Å². The highest BCUT2D eigenvalue weighted by Crippen LogP contribution is 2.28. The normalized spacial score (nSPS) is 13.9. The summed E-state index contributed by atoms with van der Waals surface area (Å²) in [4.78, 5) is 39.3. The molecule has 0 aliphatic carbocycles. The molecule has 4 aromatic rings. The predicted molar refractivity (Wildman–Crippen MR) is 159 cm³/mol. The van der Waals surface area contributed by atoms with Crippen molar-refractivity contribution in [3.63, 3.8) is 0 Å². The van der Waals surface area contributed by atoms with E-state index in [-0.39, 0.29) is 11.8 Å². The van der Waals surface area contributed by atoms with Crippen LogP contribution < -0.4 is 15.6 Å². The van der Waals surface area contributed by atoms with E-state index in [1.54, 1.807) is 24.7 Å². The summed E-state index contributed by atoms with van der Waals surface area (Å²) >= 11 is 1.32. The molecule has 5 rings (SSSR count).